The van der Waals surface area contributed by atoms with Crippen LogP contribution < -0.4 is 5.32 Å². The Morgan fingerprint density at radius 2 is 1.55 bits per heavy atom. The quantitative estimate of drug-likeness (QED) is 0.599. The fourth-order valence-electron chi connectivity index (χ4n) is 3.06. The summed E-state index contributed by atoms with van der Waals surface area (Å²) in [5.74, 6) is -1.34. The van der Waals surface area contributed by atoms with Gasteiger partial charge in [-0.2, -0.15) is 0 Å². The van der Waals surface area contributed by atoms with Crippen LogP contribution in [0.25, 0.3) is 11.1 Å². The third-order valence-corrected chi connectivity index (χ3v) is 5.47. The van der Waals surface area contributed by atoms with Crippen LogP contribution in [-0.2, 0) is 4.79 Å². The number of aliphatic hydroxyl groups is 2. The third kappa shape index (κ3) is 4.86. The molecule has 2 aromatic rings. The fraction of sp³-hybridized carbons (Fsp3) is 0.364. The van der Waals surface area contributed by atoms with Gasteiger partial charge in [-0.1, -0.05) is 42.5 Å². The van der Waals surface area contributed by atoms with Gasteiger partial charge in [0.05, 0.1) is 5.41 Å². The number of benzene rings is 2. The maximum atomic E-state index is 13.3. The van der Waals surface area contributed by atoms with Crippen LogP contribution in [0.4, 0.5) is 8.78 Å². The fourth-order valence-corrected chi connectivity index (χ4v) is 3.06. The molecule has 2 aromatic carbocycles. The molecule has 0 saturated heterocycles. The van der Waals surface area contributed by atoms with Gasteiger partial charge < -0.3 is 15.5 Å². The van der Waals surface area contributed by atoms with E-state index in [0.29, 0.717) is 5.56 Å². The first-order valence-corrected chi connectivity index (χ1v) is 9.22. The highest BCUT2D eigenvalue weighted by Gasteiger charge is 2.53. The lowest BCUT2D eigenvalue weighted by Gasteiger charge is -2.40. The Kier molecular flexibility index (Phi) is 7.21. The molecule has 0 heterocycles. The van der Waals surface area contributed by atoms with Crippen molar-refractivity contribution in [3.05, 3.63) is 60.2 Å². The molecule has 2 rings (SSSR count). The van der Waals surface area contributed by atoms with E-state index in [1.54, 1.807) is 24.3 Å². The van der Waals surface area contributed by atoms with Gasteiger partial charge in [0.1, 0.15) is 12.2 Å². The average Bonchev–Trinajstić information content (AvgIpc) is 2.73. The van der Waals surface area contributed by atoms with Gasteiger partial charge in [0.2, 0.25) is 0 Å². The van der Waals surface area contributed by atoms with Crippen LogP contribution in [0.5, 0.6) is 0 Å². The Bertz CT molecular complexity index is 838. The number of carbonyl (C=O) groups excluding carboxylic acids is 2. The van der Waals surface area contributed by atoms with Gasteiger partial charge >= 0.3 is 0 Å². The van der Waals surface area contributed by atoms with Gasteiger partial charge in [-0.25, -0.2) is 8.78 Å². The SMILES string of the molecule is CC(CCNC(=O)c1ccc(-c2ccccc2)cc1)(C(=O)CO)C(C)(O)C(F)F. The number of aliphatic hydroxyl groups excluding tert-OH is 1. The van der Waals surface area contributed by atoms with Crippen molar-refractivity contribution in [3.8, 4) is 11.1 Å². The number of rotatable bonds is 9. The summed E-state index contributed by atoms with van der Waals surface area (Å²) < 4.78 is 26.5. The average molecular weight is 405 g/mol. The van der Waals surface area contributed by atoms with Crippen LogP contribution in [0, 0.1) is 5.41 Å². The molecule has 2 unspecified atom stereocenters. The zero-order valence-corrected chi connectivity index (χ0v) is 16.4. The first-order chi connectivity index (χ1) is 13.6. The van der Waals surface area contributed by atoms with Gasteiger partial charge in [-0.3, -0.25) is 9.59 Å². The topological polar surface area (TPSA) is 86.6 Å². The molecule has 3 N–H and O–H groups in total. The van der Waals surface area contributed by atoms with Crippen molar-refractivity contribution in [2.45, 2.75) is 32.3 Å². The van der Waals surface area contributed by atoms with E-state index in [1.165, 1.54) is 6.92 Å². The molecule has 0 aliphatic rings. The molecule has 0 aliphatic carbocycles. The van der Waals surface area contributed by atoms with E-state index < -0.39 is 35.7 Å². The van der Waals surface area contributed by atoms with Crippen LogP contribution in [0.2, 0.25) is 0 Å². The number of hydrogen-bond acceptors (Lipinski definition) is 4. The monoisotopic (exact) mass is 405 g/mol. The van der Waals surface area contributed by atoms with Crippen LogP contribution in [-0.4, -0.2) is 47.1 Å². The summed E-state index contributed by atoms with van der Waals surface area (Å²) in [6, 6.07) is 16.5. The summed E-state index contributed by atoms with van der Waals surface area (Å²) >= 11 is 0. The van der Waals surface area contributed by atoms with E-state index >= 15 is 0 Å². The highest BCUT2D eigenvalue weighted by Crippen LogP contribution is 2.39. The number of nitrogens with one attached hydrogen (secondary N) is 1. The standard InChI is InChI=1S/C22H25F2NO4/c1-21(18(27)14-26,22(2,29)20(23)24)12-13-25-19(28)17-10-8-16(9-11-17)15-6-4-3-5-7-15/h3-11,20,26,29H,12-14H2,1-2H3,(H,25,28). The van der Waals surface area contributed by atoms with Gasteiger partial charge in [0.15, 0.2) is 5.78 Å². The third-order valence-electron chi connectivity index (χ3n) is 5.47. The van der Waals surface area contributed by atoms with E-state index in [-0.39, 0.29) is 13.0 Å². The number of ketones is 1. The minimum Gasteiger partial charge on any atom is -0.389 e. The summed E-state index contributed by atoms with van der Waals surface area (Å²) in [6.45, 7) is 0.923. The lowest BCUT2D eigenvalue weighted by atomic mass is 9.69. The Hall–Kier alpha value is -2.64. The first-order valence-electron chi connectivity index (χ1n) is 9.22. The largest absolute Gasteiger partial charge is 0.389 e. The van der Waals surface area contributed by atoms with E-state index in [4.69, 9.17) is 5.11 Å². The minimum atomic E-state index is -3.19. The molecular weight excluding hydrogens is 380 g/mol. The molecule has 0 spiro atoms. The lowest BCUT2D eigenvalue weighted by molar-refractivity contribution is -0.176. The number of alkyl halides is 2. The Morgan fingerprint density at radius 1 is 1.00 bits per heavy atom. The summed E-state index contributed by atoms with van der Waals surface area (Å²) in [4.78, 5) is 24.4. The molecule has 0 aliphatic heterocycles. The molecule has 156 valence electrons. The molecule has 0 bridgehead atoms. The maximum Gasteiger partial charge on any atom is 0.267 e. The van der Waals surface area contributed by atoms with Gasteiger partial charge in [0, 0.05) is 12.1 Å². The number of halogens is 2. The molecule has 5 nitrogen and oxygen atoms in total. The second kappa shape index (κ2) is 9.24. The van der Waals surface area contributed by atoms with E-state index in [2.05, 4.69) is 5.32 Å². The highest BCUT2D eigenvalue weighted by molar-refractivity contribution is 5.94. The zero-order valence-electron chi connectivity index (χ0n) is 16.4. The van der Waals surface area contributed by atoms with Crippen LogP contribution in [0.1, 0.15) is 30.6 Å². The van der Waals surface area contributed by atoms with Crippen molar-refractivity contribution >= 4 is 11.7 Å². The lowest BCUT2D eigenvalue weighted by Crippen LogP contribution is -2.56. The predicted octanol–water partition coefficient (Wildman–Crippen LogP) is 3.06. The van der Waals surface area contributed by atoms with Crippen molar-refractivity contribution in [3.63, 3.8) is 0 Å². The molecule has 0 fully saturated rings. The van der Waals surface area contributed by atoms with Crippen molar-refractivity contribution < 1.29 is 28.6 Å². The number of hydrogen-bond donors (Lipinski definition) is 3. The van der Waals surface area contributed by atoms with Crippen molar-refractivity contribution in [2.24, 2.45) is 5.41 Å². The molecular formula is C22H25F2NO4. The smallest absolute Gasteiger partial charge is 0.267 e. The number of carbonyl (C=O) groups is 2. The van der Waals surface area contributed by atoms with Crippen LogP contribution in [0.15, 0.2) is 54.6 Å². The normalized spacial score (nSPS) is 15.4. The Balaban J connectivity index is 2.05. The summed E-state index contributed by atoms with van der Waals surface area (Å²) in [5, 5.41) is 21.8. The molecule has 29 heavy (non-hydrogen) atoms. The van der Waals surface area contributed by atoms with Gasteiger partial charge in [-0.05, 0) is 43.5 Å². The van der Waals surface area contributed by atoms with Crippen molar-refractivity contribution in [1.29, 1.82) is 0 Å². The molecule has 0 saturated carbocycles. The molecule has 1 amide bonds. The van der Waals surface area contributed by atoms with E-state index in [0.717, 1.165) is 18.1 Å². The number of amides is 1. The van der Waals surface area contributed by atoms with Gasteiger partial charge in [-0.15, -0.1) is 0 Å². The Labute approximate surface area is 168 Å². The zero-order chi connectivity index (χ0) is 21.7. The summed E-state index contributed by atoms with van der Waals surface area (Å²) in [6.07, 6.45) is -3.44. The van der Waals surface area contributed by atoms with Crippen LogP contribution >= 0.6 is 0 Å². The van der Waals surface area contributed by atoms with Crippen LogP contribution in [0.3, 0.4) is 0 Å². The van der Waals surface area contributed by atoms with Gasteiger partial charge in [0.25, 0.3) is 12.3 Å². The number of Topliss-reactive ketones (excluding diaryl/α,β-unsaturated/α-hetero) is 1. The first kappa shape index (κ1) is 22.6. The van der Waals surface area contributed by atoms with E-state index in [1.807, 2.05) is 30.3 Å². The highest BCUT2D eigenvalue weighted by atomic mass is 19.3. The molecule has 0 aromatic heterocycles. The molecule has 7 heteroatoms. The predicted molar refractivity (Wildman–Crippen MR) is 106 cm³/mol. The summed E-state index contributed by atoms with van der Waals surface area (Å²) in [7, 11) is 0. The maximum absolute atomic E-state index is 13.3. The Morgan fingerprint density at radius 3 is 2.07 bits per heavy atom. The molecule has 0 radical (unpaired) electrons. The molecule has 2 atom stereocenters. The minimum absolute atomic E-state index is 0.121. The summed E-state index contributed by atoms with van der Waals surface area (Å²) in [5.41, 5.74) is -2.24. The van der Waals surface area contributed by atoms with Crippen molar-refractivity contribution in [1.82, 2.24) is 5.32 Å². The second-order valence-electron chi connectivity index (χ2n) is 7.31. The van der Waals surface area contributed by atoms with Crippen molar-refractivity contribution in [2.75, 3.05) is 13.2 Å². The second-order valence-corrected chi connectivity index (χ2v) is 7.31. The van der Waals surface area contributed by atoms with E-state index in [9.17, 15) is 23.5 Å².